The standard InChI is InChI=1S/C13H21N3O/c1-9(14)12-4-3-7-16(12)10-5-6-11(15)13(8-10)17-2/h5-6,8-9,12H,3-4,7,14-15H2,1-2H3. The van der Waals surface area contributed by atoms with E-state index in [0.717, 1.165) is 24.4 Å². The lowest BCUT2D eigenvalue weighted by molar-refractivity contribution is 0.417. The quantitative estimate of drug-likeness (QED) is 0.781. The molecule has 0 amide bonds. The Labute approximate surface area is 103 Å². The van der Waals surface area contributed by atoms with Gasteiger partial charge in [0.2, 0.25) is 0 Å². The summed E-state index contributed by atoms with van der Waals surface area (Å²) >= 11 is 0. The molecule has 2 rings (SSSR count). The zero-order valence-electron chi connectivity index (χ0n) is 10.5. The molecule has 4 heteroatoms. The molecule has 0 bridgehead atoms. The van der Waals surface area contributed by atoms with Crippen LogP contribution in [0, 0.1) is 0 Å². The molecule has 0 radical (unpaired) electrons. The Balaban J connectivity index is 2.27. The summed E-state index contributed by atoms with van der Waals surface area (Å²) < 4.78 is 5.26. The smallest absolute Gasteiger partial charge is 0.143 e. The van der Waals surface area contributed by atoms with E-state index >= 15 is 0 Å². The molecule has 94 valence electrons. The highest BCUT2D eigenvalue weighted by Crippen LogP contribution is 2.32. The van der Waals surface area contributed by atoms with Crippen molar-refractivity contribution in [3.8, 4) is 5.75 Å². The van der Waals surface area contributed by atoms with Gasteiger partial charge in [-0.15, -0.1) is 0 Å². The Morgan fingerprint density at radius 2 is 2.24 bits per heavy atom. The maximum Gasteiger partial charge on any atom is 0.143 e. The molecule has 1 aromatic rings. The number of rotatable bonds is 3. The molecule has 1 aliphatic rings. The molecule has 1 saturated heterocycles. The monoisotopic (exact) mass is 235 g/mol. The van der Waals surface area contributed by atoms with E-state index in [-0.39, 0.29) is 6.04 Å². The summed E-state index contributed by atoms with van der Waals surface area (Å²) in [6, 6.07) is 6.53. The number of ether oxygens (including phenoxy) is 1. The second-order valence-corrected chi connectivity index (χ2v) is 4.69. The molecular weight excluding hydrogens is 214 g/mol. The van der Waals surface area contributed by atoms with Gasteiger partial charge in [0.05, 0.1) is 12.8 Å². The van der Waals surface area contributed by atoms with Crippen molar-refractivity contribution in [1.82, 2.24) is 0 Å². The lowest BCUT2D eigenvalue weighted by atomic mass is 10.1. The van der Waals surface area contributed by atoms with Crippen LogP contribution in [0.4, 0.5) is 11.4 Å². The Bertz CT molecular complexity index is 392. The summed E-state index contributed by atoms with van der Waals surface area (Å²) in [5, 5.41) is 0. The lowest BCUT2D eigenvalue weighted by Gasteiger charge is -2.29. The van der Waals surface area contributed by atoms with Crippen LogP contribution in [0.1, 0.15) is 19.8 Å². The molecule has 17 heavy (non-hydrogen) atoms. The summed E-state index contributed by atoms with van der Waals surface area (Å²) in [5.41, 5.74) is 13.7. The van der Waals surface area contributed by atoms with Gasteiger partial charge in [0.1, 0.15) is 5.75 Å². The maximum absolute atomic E-state index is 6.03. The molecule has 1 aromatic carbocycles. The van der Waals surface area contributed by atoms with Crippen molar-refractivity contribution >= 4 is 11.4 Å². The maximum atomic E-state index is 6.03. The third-order valence-corrected chi connectivity index (χ3v) is 3.45. The number of nitrogen functional groups attached to an aromatic ring is 1. The van der Waals surface area contributed by atoms with Crippen LogP contribution >= 0.6 is 0 Å². The number of nitrogens with two attached hydrogens (primary N) is 2. The average molecular weight is 235 g/mol. The Hall–Kier alpha value is -1.42. The summed E-state index contributed by atoms with van der Waals surface area (Å²) in [5.74, 6) is 0.734. The molecule has 0 spiro atoms. The van der Waals surface area contributed by atoms with Gasteiger partial charge in [-0.1, -0.05) is 0 Å². The Morgan fingerprint density at radius 1 is 1.47 bits per heavy atom. The van der Waals surface area contributed by atoms with E-state index in [1.54, 1.807) is 7.11 Å². The minimum Gasteiger partial charge on any atom is -0.495 e. The lowest BCUT2D eigenvalue weighted by Crippen LogP contribution is -2.42. The van der Waals surface area contributed by atoms with Gasteiger partial charge in [-0.05, 0) is 31.9 Å². The molecule has 0 aromatic heterocycles. The van der Waals surface area contributed by atoms with E-state index in [0.29, 0.717) is 11.7 Å². The number of anilines is 2. The van der Waals surface area contributed by atoms with E-state index in [9.17, 15) is 0 Å². The summed E-state index contributed by atoms with van der Waals surface area (Å²) in [6.45, 7) is 3.12. The number of nitrogens with zero attached hydrogens (tertiary/aromatic N) is 1. The number of hydrogen-bond donors (Lipinski definition) is 2. The van der Waals surface area contributed by atoms with Crippen molar-refractivity contribution in [3.05, 3.63) is 18.2 Å². The molecule has 0 saturated carbocycles. The second kappa shape index (κ2) is 4.84. The minimum absolute atomic E-state index is 0.182. The van der Waals surface area contributed by atoms with Crippen molar-refractivity contribution in [1.29, 1.82) is 0 Å². The van der Waals surface area contributed by atoms with Gasteiger partial charge in [0.15, 0.2) is 0 Å². The van der Waals surface area contributed by atoms with E-state index in [2.05, 4.69) is 11.8 Å². The zero-order chi connectivity index (χ0) is 12.4. The minimum atomic E-state index is 0.182. The number of methoxy groups -OCH3 is 1. The molecule has 4 N–H and O–H groups in total. The van der Waals surface area contributed by atoms with Crippen LogP contribution in [0.15, 0.2) is 18.2 Å². The van der Waals surface area contributed by atoms with Gasteiger partial charge < -0.3 is 21.1 Å². The first-order valence-corrected chi connectivity index (χ1v) is 6.09. The Kier molecular flexibility index (Phi) is 3.43. The fourth-order valence-corrected chi connectivity index (χ4v) is 2.54. The molecule has 2 atom stereocenters. The van der Waals surface area contributed by atoms with Crippen molar-refractivity contribution in [2.24, 2.45) is 5.73 Å². The zero-order valence-corrected chi connectivity index (χ0v) is 10.5. The van der Waals surface area contributed by atoms with Crippen LogP contribution in [-0.2, 0) is 0 Å². The van der Waals surface area contributed by atoms with Crippen LogP contribution in [0.25, 0.3) is 0 Å². The van der Waals surface area contributed by atoms with Gasteiger partial charge in [0.25, 0.3) is 0 Å². The number of benzene rings is 1. The first-order chi connectivity index (χ1) is 8.13. The van der Waals surface area contributed by atoms with E-state index < -0.39 is 0 Å². The molecule has 1 fully saturated rings. The van der Waals surface area contributed by atoms with Crippen LogP contribution in [0.3, 0.4) is 0 Å². The highest BCUT2D eigenvalue weighted by atomic mass is 16.5. The van der Waals surface area contributed by atoms with E-state index in [1.165, 1.54) is 6.42 Å². The van der Waals surface area contributed by atoms with Crippen LogP contribution in [-0.4, -0.2) is 25.7 Å². The highest BCUT2D eigenvalue weighted by molar-refractivity contribution is 5.63. The first-order valence-electron chi connectivity index (χ1n) is 6.09. The number of hydrogen-bond acceptors (Lipinski definition) is 4. The van der Waals surface area contributed by atoms with Crippen molar-refractivity contribution < 1.29 is 4.74 Å². The third-order valence-electron chi connectivity index (χ3n) is 3.45. The summed E-state index contributed by atoms with van der Waals surface area (Å²) in [4.78, 5) is 2.35. The van der Waals surface area contributed by atoms with Gasteiger partial charge >= 0.3 is 0 Å². The summed E-state index contributed by atoms with van der Waals surface area (Å²) in [6.07, 6.45) is 2.35. The summed E-state index contributed by atoms with van der Waals surface area (Å²) in [7, 11) is 1.64. The van der Waals surface area contributed by atoms with Gasteiger partial charge in [0, 0.05) is 30.4 Å². The van der Waals surface area contributed by atoms with Gasteiger partial charge in [-0.25, -0.2) is 0 Å². The molecule has 1 aliphatic heterocycles. The molecule has 1 heterocycles. The van der Waals surface area contributed by atoms with Crippen molar-refractivity contribution in [2.45, 2.75) is 31.8 Å². The average Bonchev–Trinajstić information content (AvgIpc) is 2.78. The second-order valence-electron chi connectivity index (χ2n) is 4.69. The predicted octanol–water partition coefficient (Wildman–Crippen LogP) is 1.59. The SMILES string of the molecule is COc1cc(N2CCCC2C(C)N)ccc1N. The molecule has 4 nitrogen and oxygen atoms in total. The van der Waals surface area contributed by atoms with Crippen molar-refractivity contribution in [2.75, 3.05) is 24.3 Å². The third kappa shape index (κ3) is 2.31. The van der Waals surface area contributed by atoms with Gasteiger partial charge in [-0.2, -0.15) is 0 Å². The van der Waals surface area contributed by atoms with Crippen LogP contribution in [0.2, 0.25) is 0 Å². The molecule has 2 unspecified atom stereocenters. The largest absolute Gasteiger partial charge is 0.495 e. The normalized spacial score (nSPS) is 21.6. The van der Waals surface area contributed by atoms with Gasteiger partial charge in [-0.3, -0.25) is 0 Å². The molecular formula is C13H21N3O. The van der Waals surface area contributed by atoms with Crippen LogP contribution < -0.4 is 21.1 Å². The van der Waals surface area contributed by atoms with E-state index in [4.69, 9.17) is 16.2 Å². The topological polar surface area (TPSA) is 64.5 Å². The van der Waals surface area contributed by atoms with Crippen LogP contribution in [0.5, 0.6) is 5.75 Å². The Morgan fingerprint density at radius 3 is 2.88 bits per heavy atom. The predicted molar refractivity (Wildman–Crippen MR) is 71.4 cm³/mol. The van der Waals surface area contributed by atoms with Crippen molar-refractivity contribution in [3.63, 3.8) is 0 Å². The first kappa shape index (κ1) is 12.0. The highest BCUT2D eigenvalue weighted by Gasteiger charge is 2.27. The van der Waals surface area contributed by atoms with E-state index in [1.807, 2.05) is 18.2 Å². The fraction of sp³-hybridized carbons (Fsp3) is 0.538. The fourth-order valence-electron chi connectivity index (χ4n) is 2.54. The molecule has 0 aliphatic carbocycles.